The van der Waals surface area contributed by atoms with Crippen molar-refractivity contribution in [2.45, 2.75) is 33.0 Å². The van der Waals surface area contributed by atoms with E-state index >= 15 is 0 Å². The smallest absolute Gasteiger partial charge is 0.163 e. The van der Waals surface area contributed by atoms with E-state index in [0.29, 0.717) is 0 Å². The molecule has 0 unspecified atom stereocenters. The number of rotatable bonds is 4. The molecule has 1 aliphatic rings. The minimum absolute atomic E-state index is 0.0338. The molecule has 3 heterocycles. The SMILES string of the molecule is CCn1cnnc1[C@@H]1CN(Cc2sccc2C)CCO1. The van der Waals surface area contributed by atoms with Crippen molar-refractivity contribution in [2.24, 2.45) is 0 Å². The summed E-state index contributed by atoms with van der Waals surface area (Å²) in [4.78, 5) is 3.89. The molecule has 3 rings (SSSR count). The molecule has 0 aliphatic carbocycles. The average Bonchev–Trinajstić information content (AvgIpc) is 3.09. The van der Waals surface area contributed by atoms with Crippen LogP contribution in [-0.2, 0) is 17.8 Å². The van der Waals surface area contributed by atoms with Gasteiger partial charge in [-0.15, -0.1) is 21.5 Å². The lowest BCUT2D eigenvalue weighted by atomic mass is 10.2. The van der Waals surface area contributed by atoms with E-state index in [1.165, 1.54) is 10.4 Å². The van der Waals surface area contributed by atoms with E-state index in [4.69, 9.17) is 4.74 Å². The molecule has 2 aromatic rings. The van der Waals surface area contributed by atoms with Gasteiger partial charge in [0.2, 0.25) is 0 Å². The zero-order chi connectivity index (χ0) is 13.9. The lowest BCUT2D eigenvalue weighted by Crippen LogP contribution is -2.38. The summed E-state index contributed by atoms with van der Waals surface area (Å²) in [6.45, 7) is 8.78. The van der Waals surface area contributed by atoms with Crippen molar-refractivity contribution in [2.75, 3.05) is 19.7 Å². The molecule has 0 N–H and O–H groups in total. The molecule has 6 heteroatoms. The van der Waals surface area contributed by atoms with E-state index in [-0.39, 0.29) is 6.10 Å². The highest BCUT2D eigenvalue weighted by atomic mass is 32.1. The fourth-order valence-corrected chi connectivity index (χ4v) is 3.48. The van der Waals surface area contributed by atoms with Gasteiger partial charge in [-0.3, -0.25) is 4.90 Å². The molecule has 0 aromatic carbocycles. The number of aromatic nitrogens is 3. The fourth-order valence-electron chi connectivity index (χ4n) is 2.53. The highest BCUT2D eigenvalue weighted by Gasteiger charge is 2.26. The second-order valence-corrected chi connectivity index (χ2v) is 6.10. The van der Waals surface area contributed by atoms with Crippen molar-refractivity contribution in [3.8, 4) is 0 Å². The molecule has 1 atom stereocenters. The molecule has 0 spiro atoms. The molecular weight excluding hydrogens is 272 g/mol. The number of ether oxygens (including phenoxy) is 1. The maximum Gasteiger partial charge on any atom is 0.163 e. The number of aryl methyl sites for hydroxylation is 2. The largest absolute Gasteiger partial charge is 0.368 e. The second-order valence-electron chi connectivity index (χ2n) is 5.10. The highest BCUT2D eigenvalue weighted by molar-refractivity contribution is 7.10. The van der Waals surface area contributed by atoms with Crippen molar-refractivity contribution in [3.63, 3.8) is 0 Å². The van der Waals surface area contributed by atoms with Gasteiger partial charge in [-0.05, 0) is 30.9 Å². The number of thiophene rings is 1. The Balaban J connectivity index is 1.69. The molecule has 0 amide bonds. The van der Waals surface area contributed by atoms with Crippen LogP contribution in [0.2, 0.25) is 0 Å². The number of hydrogen-bond acceptors (Lipinski definition) is 5. The summed E-state index contributed by atoms with van der Waals surface area (Å²) in [6, 6.07) is 2.19. The monoisotopic (exact) mass is 292 g/mol. The maximum atomic E-state index is 5.88. The summed E-state index contributed by atoms with van der Waals surface area (Å²) < 4.78 is 7.94. The van der Waals surface area contributed by atoms with Crippen LogP contribution in [0.25, 0.3) is 0 Å². The molecule has 1 fully saturated rings. The van der Waals surface area contributed by atoms with Crippen LogP contribution in [0.1, 0.15) is 29.3 Å². The first-order valence-corrected chi connectivity index (χ1v) is 7.90. The van der Waals surface area contributed by atoms with E-state index < -0.39 is 0 Å². The molecule has 108 valence electrons. The topological polar surface area (TPSA) is 43.2 Å². The maximum absolute atomic E-state index is 5.88. The van der Waals surface area contributed by atoms with Crippen LogP contribution in [0.15, 0.2) is 17.8 Å². The summed E-state index contributed by atoms with van der Waals surface area (Å²) in [5, 5.41) is 10.4. The molecule has 1 aliphatic heterocycles. The summed E-state index contributed by atoms with van der Waals surface area (Å²) in [5.41, 5.74) is 1.38. The Hall–Kier alpha value is -1.24. The van der Waals surface area contributed by atoms with Crippen molar-refractivity contribution in [3.05, 3.63) is 34.0 Å². The first-order chi connectivity index (χ1) is 9.78. The summed E-state index contributed by atoms with van der Waals surface area (Å²) in [6.07, 6.45) is 1.81. The van der Waals surface area contributed by atoms with Crippen LogP contribution in [0.5, 0.6) is 0 Å². The van der Waals surface area contributed by atoms with Crippen molar-refractivity contribution in [1.29, 1.82) is 0 Å². The fraction of sp³-hybridized carbons (Fsp3) is 0.571. The predicted molar refractivity (Wildman–Crippen MR) is 78.7 cm³/mol. The van der Waals surface area contributed by atoms with Gasteiger partial charge in [0.05, 0.1) is 6.61 Å². The average molecular weight is 292 g/mol. The van der Waals surface area contributed by atoms with Gasteiger partial charge >= 0.3 is 0 Å². The summed E-state index contributed by atoms with van der Waals surface area (Å²) in [5.74, 6) is 0.945. The zero-order valence-corrected chi connectivity index (χ0v) is 12.8. The van der Waals surface area contributed by atoms with Gasteiger partial charge in [0, 0.05) is 31.1 Å². The van der Waals surface area contributed by atoms with Gasteiger partial charge in [-0.25, -0.2) is 0 Å². The van der Waals surface area contributed by atoms with Crippen LogP contribution < -0.4 is 0 Å². The minimum Gasteiger partial charge on any atom is -0.368 e. The third-order valence-electron chi connectivity index (χ3n) is 3.76. The van der Waals surface area contributed by atoms with Gasteiger partial charge in [-0.2, -0.15) is 0 Å². The third kappa shape index (κ3) is 2.77. The Morgan fingerprint density at radius 3 is 3.15 bits per heavy atom. The standard InChI is InChI=1S/C14H20N4OS/c1-3-18-10-15-16-14(18)12-8-17(5-6-19-12)9-13-11(2)4-7-20-13/h4,7,10,12H,3,5-6,8-9H2,1-2H3/t12-/m0/s1. The quantitative estimate of drug-likeness (QED) is 0.867. The summed E-state index contributed by atoms with van der Waals surface area (Å²) >= 11 is 1.83. The molecule has 20 heavy (non-hydrogen) atoms. The Kier molecular flexibility index (Phi) is 4.14. The van der Waals surface area contributed by atoms with E-state index in [9.17, 15) is 0 Å². The van der Waals surface area contributed by atoms with E-state index in [1.807, 2.05) is 11.3 Å². The number of nitrogens with zero attached hydrogens (tertiary/aromatic N) is 4. The molecule has 5 nitrogen and oxygen atoms in total. The van der Waals surface area contributed by atoms with Crippen molar-refractivity contribution in [1.82, 2.24) is 19.7 Å². The molecule has 0 saturated carbocycles. The Bertz CT molecular complexity index is 565. The van der Waals surface area contributed by atoms with Gasteiger partial charge < -0.3 is 9.30 Å². The Morgan fingerprint density at radius 2 is 2.40 bits per heavy atom. The Labute approximate surface area is 123 Å². The molecule has 1 saturated heterocycles. The van der Waals surface area contributed by atoms with E-state index in [1.54, 1.807) is 6.33 Å². The number of morpholine rings is 1. The van der Waals surface area contributed by atoms with Crippen LogP contribution in [-0.4, -0.2) is 39.4 Å². The normalized spacial score (nSPS) is 20.4. The highest BCUT2D eigenvalue weighted by Crippen LogP contribution is 2.24. The predicted octanol–water partition coefficient (Wildman–Crippen LogP) is 2.24. The summed E-state index contributed by atoms with van der Waals surface area (Å²) in [7, 11) is 0. The number of hydrogen-bond donors (Lipinski definition) is 0. The third-order valence-corrected chi connectivity index (χ3v) is 4.77. The zero-order valence-electron chi connectivity index (χ0n) is 12.0. The second kappa shape index (κ2) is 6.03. The van der Waals surface area contributed by atoms with E-state index in [2.05, 4.69) is 45.0 Å². The molecule has 0 radical (unpaired) electrons. The van der Waals surface area contributed by atoms with E-state index in [0.717, 1.165) is 38.6 Å². The Morgan fingerprint density at radius 1 is 1.50 bits per heavy atom. The van der Waals surface area contributed by atoms with Gasteiger partial charge in [0.1, 0.15) is 12.4 Å². The van der Waals surface area contributed by atoms with Crippen molar-refractivity contribution < 1.29 is 4.74 Å². The van der Waals surface area contributed by atoms with Gasteiger partial charge in [0.25, 0.3) is 0 Å². The molecule has 2 aromatic heterocycles. The van der Waals surface area contributed by atoms with Crippen LogP contribution in [0, 0.1) is 6.92 Å². The van der Waals surface area contributed by atoms with Crippen molar-refractivity contribution >= 4 is 11.3 Å². The molecule has 0 bridgehead atoms. The first-order valence-electron chi connectivity index (χ1n) is 7.02. The van der Waals surface area contributed by atoms with Crippen LogP contribution in [0.4, 0.5) is 0 Å². The minimum atomic E-state index is 0.0338. The molecular formula is C14H20N4OS. The van der Waals surface area contributed by atoms with Crippen LogP contribution in [0.3, 0.4) is 0 Å². The van der Waals surface area contributed by atoms with Gasteiger partial charge in [-0.1, -0.05) is 0 Å². The van der Waals surface area contributed by atoms with Gasteiger partial charge in [0.15, 0.2) is 5.82 Å². The lowest BCUT2D eigenvalue weighted by molar-refractivity contribution is -0.0386. The first kappa shape index (κ1) is 13.7. The van der Waals surface area contributed by atoms with Crippen LogP contribution >= 0.6 is 11.3 Å². The lowest BCUT2D eigenvalue weighted by Gasteiger charge is -2.32.